The predicted molar refractivity (Wildman–Crippen MR) is 119 cm³/mol. The summed E-state index contributed by atoms with van der Waals surface area (Å²) < 4.78 is 62.3. The zero-order valence-electron chi connectivity index (χ0n) is 18.9. The summed E-state index contributed by atoms with van der Waals surface area (Å²) in [5, 5.41) is 5.59. The molecule has 14 heteroatoms. The van der Waals surface area contributed by atoms with Gasteiger partial charge in [-0.25, -0.2) is 19.0 Å². The minimum Gasteiger partial charge on any atom is -0.496 e. The molecule has 2 heterocycles. The van der Waals surface area contributed by atoms with Gasteiger partial charge in [-0.15, -0.1) is 0 Å². The fourth-order valence-electron chi connectivity index (χ4n) is 3.19. The van der Waals surface area contributed by atoms with E-state index in [1.165, 1.54) is 19.2 Å². The molecule has 188 valence electrons. The highest BCUT2D eigenvalue weighted by atomic mass is 19.4. The first-order valence-electron chi connectivity index (χ1n) is 10.1. The second kappa shape index (κ2) is 9.20. The number of carbonyl (C=O) groups excluding carboxylic acids is 1. The van der Waals surface area contributed by atoms with Crippen molar-refractivity contribution in [2.75, 3.05) is 17.7 Å². The Morgan fingerprint density at radius 3 is 2.56 bits per heavy atom. The highest BCUT2D eigenvalue weighted by Crippen LogP contribution is 2.28. The molecule has 0 bridgehead atoms. The first kappa shape index (κ1) is 24.5. The predicted octanol–water partition coefficient (Wildman–Crippen LogP) is 4.15. The number of methoxy groups -OCH3 is 1. The fourth-order valence-corrected chi connectivity index (χ4v) is 3.19. The van der Waals surface area contributed by atoms with Crippen molar-refractivity contribution in [3.63, 3.8) is 0 Å². The molecule has 0 aliphatic carbocycles. The average molecular weight is 507 g/mol. The third kappa shape index (κ3) is 4.92. The van der Waals surface area contributed by atoms with E-state index in [9.17, 15) is 27.2 Å². The lowest BCUT2D eigenvalue weighted by molar-refractivity contribution is -0.200. The number of rotatable bonds is 6. The number of ether oxygens (including phenoxy) is 1. The number of nitrogens with zero attached hydrogens (tertiary/aromatic N) is 3. The van der Waals surface area contributed by atoms with E-state index in [2.05, 4.69) is 25.4 Å². The number of aryl methyl sites for hydroxylation is 1. The Labute approximate surface area is 199 Å². The number of hydrogen-bond acceptors (Lipinski definition) is 9. The molecule has 0 spiro atoms. The molecule has 0 radical (unpaired) electrons. The number of aromatic nitrogens is 3. The first-order valence-corrected chi connectivity index (χ1v) is 10.1. The molecule has 4 rings (SSSR count). The van der Waals surface area contributed by atoms with Crippen molar-refractivity contribution in [1.82, 2.24) is 14.7 Å². The second-order valence-electron chi connectivity index (χ2n) is 7.48. The van der Waals surface area contributed by atoms with E-state index in [1.807, 2.05) is 19.9 Å². The Morgan fingerprint density at radius 1 is 1.11 bits per heavy atom. The van der Waals surface area contributed by atoms with Gasteiger partial charge in [-0.2, -0.15) is 18.2 Å². The van der Waals surface area contributed by atoms with Gasteiger partial charge < -0.3 is 24.6 Å². The maximum absolute atomic E-state index is 14.4. The van der Waals surface area contributed by atoms with Crippen molar-refractivity contribution in [1.29, 1.82) is 0 Å². The van der Waals surface area contributed by atoms with E-state index in [4.69, 9.17) is 9.15 Å². The number of benzene rings is 2. The monoisotopic (exact) mass is 507 g/mol. The summed E-state index contributed by atoms with van der Waals surface area (Å²) in [5.41, 5.74) is 2.08. The van der Waals surface area contributed by atoms with Crippen LogP contribution in [0.5, 0.6) is 5.75 Å². The standard InChI is InChI=1S/C22H17F4N5O5/c1-10-6-13(8-17(34-3)11(10)2)29-20-27-9-14(23)18(30-20)28-12-4-5-16-15(7-12)31(21(33)35-16)36-19(32)22(24,25)26/h4-9H,1-3H3,(H2,27,28,29,30). The second-order valence-corrected chi connectivity index (χ2v) is 7.48. The molecule has 0 amide bonds. The molecule has 0 saturated heterocycles. The van der Waals surface area contributed by atoms with Gasteiger partial charge in [-0.3, -0.25) is 0 Å². The van der Waals surface area contributed by atoms with E-state index in [1.54, 1.807) is 6.07 Å². The van der Waals surface area contributed by atoms with Gasteiger partial charge >= 0.3 is 17.9 Å². The van der Waals surface area contributed by atoms with Crippen molar-refractivity contribution < 1.29 is 36.3 Å². The molecule has 0 atom stereocenters. The van der Waals surface area contributed by atoms with Crippen LogP contribution >= 0.6 is 0 Å². The van der Waals surface area contributed by atoms with Crippen molar-refractivity contribution >= 4 is 40.2 Å². The molecule has 0 aliphatic heterocycles. The minimum absolute atomic E-state index is 0.0320. The van der Waals surface area contributed by atoms with Crippen LogP contribution < -0.4 is 26.0 Å². The Kier molecular flexibility index (Phi) is 6.26. The third-order valence-corrected chi connectivity index (χ3v) is 5.05. The van der Waals surface area contributed by atoms with Crippen LogP contribution in [-0.2, 0) is 4.79 Å². The van der Waals surface area contributed by atoms with Gasteiger partial charge in [0, 0.05) is 17.4 Å². The average Bonchev–Trinajstić information content (AvgIpc) is 3.12. The minimum atomic E-state index is -5.34. The molecule has 0 fully saturated rings. The van der Waals surface area contributed by atoms with Gasteiger partial charge in [0.1, 0.15) is 11.3 Å². The van der Waals surface area contributed by atoms with Crippen LogP contribution in [0.15, 0.2) is 45.7 Å². The summed E-state index contributed by atoms with van der Waals surface area (Å²) >= 11 is 0. The van der Waals surface area contributed by atoms with Gasteiger partial charge in [0.25, 0.3) is 0 Å². The van der Waals surface area contributed by atoms with Crippen molar-refractivity contribution in [3.8, 4) is 5.75 Å². The molecule has 0 saturated carbocycles. The van der Waals surface area contributed by atoms with E-state index in [-0.39, 0.29) is 33.3 Å². The normalized spacial score (nSPS) is 11.4. The number of alkyl halides is 3. The van der Waals surface area contributed by atoms with Crippen molar-refractivity contribution in [2.45, 2.75) is 20.0 Å². The van der Waals surface area contributed by atoms with Crippen LogP contribution in [0.4, 0.5) is 40.7 Å². The van der Waals surface area contributed by atoms with Crippen LogP contribution in [0.1, 0.15) is 11.1 Å². The molecule has 36 heavy (non-hydrogen) atoms. The molecule has 4 aromatic rings. The van der Waals surface area contributed by atoms with Gasteiger partial charge in [-0.05, 0) is 49.2 Å². The number of hydrogen-bond donors (Lipinski definition) is 2. The maximum atomic E-state index is 14.4. The van der Waals surface area contributed by atoms with Gasteiger partial charge in [0.2, 0.25) is 5.95 Å². The molecule has 0 unspecified atom stereocenters. The lowest BCUT2D eigenvalue weighted by Gasteiger charge is -2.13. The Balaban J connectivity index is 1.63. The van der Waals surface area contributed by atoms with Gasteiger partial charge in [0.15, 0.2) is 17.2 Å². The first-order chi connectivity index (χ1) is 17.0. The maximum Gasteiger partial charge on any atom is 0.493 e. The van der Waals surface area contributed by atoms with E-state index in [0.717, 1.165) is 23.4 Å². The highest BCUT2D eigenvalue weighted by molar-refractivity contribution is 5.81. The summed E-state index contributed by atoms with van der Waals surface area (Å²) in [6.07, 6.45) is -4.43. The molecular formula is C22H17F4N5O5. The van der Waals surface area contributed by atoms with Gasteiger partial charge in [0.05, 0.1) is 13.3 Å². The van der Waals surface area contributed by atoms with Crippen LogP contribution in [0.25, 0.3) is 11.1 Å². The van der Waals surface area contributed by atoms with Crippen LogP contribution in [0, 0.1) is 19.7 Å². The summed E-state index contributed by atoms with van der Waals surface area (Å²) in [5.74, 6) is -4.44. The van der Waals surface area contributed by atoms with Gasteiger partial charge in [-0.1, -0.05) is 4.73 Å². The summed E-state index contributed by atoms with van der Waals surface area (Å²) in [6.45, 7) is 3.79. The molecule has 2 N–H and O–H groups in total. The SMILES string of the molecule is COc1cc(Nc2ncc(F)c(Nc3ccc4oc(=O)n(OC(=O)C(F)(F)F)c4c3)n2)cc(C)c1C. The largest absolute Gasteiger partial charge is 0.496 e. The quantitative estimate of drug-likeness (QED) is 0.371. The van der Waals surface area contributed by atoms with E-state index >= 15 is 0 Å². The molecule has 10 nitrogen and oxygen atoms in total. The van der Waals surface area contributed by atoms with E-state index < -0.39 is 23.7 Å². The molecule has 2 aromatic carbocycles. The molecule has 2 aromatic heterocycles. The number of fused-ring (bicyclic) bond motifs is 1. The topological polar surface area (TPSA) is 121 Å². The summed E-state index contributed by atoms with van der Waals surface area (Å²) in [6, 6.07) is 7.23. The van der Waals surface area contributed by atoms with Crippen LogP contribution in [0.2, 0.25) is 0 Å². The number of oxazole rings is 1. The number of halogens is 4. The van der Waals surface area contributed by atoms with Crippen LogP contribution in [-0.4, -0.2) is 34.0 Å². The highest BCUT2D eigenvalue weighted by Gasteiger charge is 2.42. The van der Waals surface area contributed by atoms with E-state index in [0.29, 0.717) is 11.4 Å². The number of anilines is 4. The molecular weight excluding hydrogens is 490 g/mol. The Bertz CT molecular complexity index is 1530. The van der Waals surface area contributed by atoms with Crippen molar-refractivity contribution in [3.05, 3.63) is 64.0 Å². The zero-order chi connectivity index (χ0) is 26.2. The third-order valence-electron chi connectivity index (χ3n) is 5.05. The lowest BCUT2D eigenvalue weighted by atomic mass is 10.1. The molecule has 0 aliphatic rings. The Hall–Kier alpha value is -4.62. The fraction of sp³-hybridized carbons (Fsp3) is 0.182. The zero-order valence-corrected chi connectivity index (χ0v) is 18.9. The Morgan fingerprint density at radius 2 is 1.86 bits per heavy atom. The van der Waals surface area contributed by atoms with Crippen molar-refractivity contribution in [2.24, 2.45) is 0 Å². The number of nitrogens with one attached hydrogen (secondary N) is 2. The summed E-state index contributed by atoms with van der Waals surface area (Å²) in [4.78, 5) is 35.1. The summed E-state index contributed by atoms with van der Waals surface area (Å²) in [7, 11) is 1.53. The number of carbonyl (C=O) groups is 1. The van der Waals surface area contributed by atoms with Crippen LogP contribution in [0.3, 0.4) is 0 Å². The smallest absolute Gasteiger partial charge is 0.493 e. The lowest BCUT2D eigenvalue weighted by Crippen LogP contribution is -2.36.